The van der Waals surface area contributed by atoms with E-state index < -0.39 is 0 Å². The molecule has 2 aromatic heterocycles. The van der Waals surface area contributed by atoms with Crippen LogP contribution >= 0.6 is 0 Å². The van der Waals surface area contributed by atoms with Crippen molar-refractivity contribution in [1.82, 2.24) is 15.0 Å². The van der Waals surface area contributed by atoms with E-state index in [0.29, 0.717) is 11.7 Å². The third kappa shape index (κ3) is 4.13. The molecular formula is C22H25N7O2. The second kappa shape index (κ2) is 8.97. The molecule has 0 aliphatic carbocycles. The lowest BCUT2D eigenvalue weighted by Crippen LogP contribution is -2.52. The summed E-state index contributed by atoms with van der Waals surface area (Å²) in [5, 5.41) is 4.18. The molecule has 0 atom stereocenters. The zero-order valence-electron chi connectivity index (χ0n) is 17.7. The molecule has 0 amide bonds. The first kappa shape index (κ1) is 20.5. The molecular weight excluding hydrogens is 394 g/mol. The molecule has 9 nitrogen and oxygen atoms in total. The summed E-state index contributed by atoms with van der Waals surface area (Å²) in [6.45, 7) is 1.59. The van der Waals surface area contributed by atoms with Gasteiger partial charge in [-0.1, -0.05) is 6.07 Å². The van der Waals surface area contributed by atoms with E-state index in [4.69, 9.17) is 20.2 Å². The average Bonchev–Trinajstić information content (AvgIpc) is 2.77. The number of nitrogens with two attached hydrogens (primary N) is 1. The summed E-state index contributed by atoms with van der Waals surface area (Å²) in [6.07, 6.45) is 7.01. The van der Waals surface area contributed by atoms with Crippen LogP contribution in [-0.4, -0.2) is 61.6 Å². The SMILES string of the molecule is CN=CC(=CN)c1ccc(Nc2ncc3ccnc(N4CC(OC)C4)c3n2)c(OC)c1. The van der Waals surface area contributed by atoms with E-state index in [1.54, 1.807) is 39.9 Å². The first-order valence-electron chi connectivity index (χ1n) is 9.85. The summed E-state index contributed by atoms with van der Waals surface area (Å²) in [5.74, 6) is 1.93. The Bertz CT molecular complexity index is 1140. The van der Waals surface area contributed by atoms with Crippen molar-refractivity contribution in [2.24, 2.45) is 10.7 Å². The fourth-order valence-corrected chi connectivity index (χ4v) is 3.44. The Hall–Kier alpha value is -3.72. The number of fused-ring (bicyclic) bond motifs is 1. The van der Waals surface area contributed by atoms with Crippen LogP contribution in [0, 0.1) is 0 Å². The van der Waals surface area contributed by atoms with Crippen molar-refractivity contribution >= 4 is 40.1 Å². The highest BCUT2D eigenvalue weighted by molar-refractivity contribution is 6.09. The van der Waals surface area contributed by atoms with Gasteiger partial charge in [0.2, 0.25) is 5.95 Å². The smallest absolute Gasteiger partial charge is 0.227 e. The molecule has 0 unspecified atom stereocenters. The number of anilines is 3. The molecule has 0 spiro atoms. The zero-order chi connectivity index (χ0) is 21.8. The van der Waals surface area contributed by atoms with Crippen LogP contribution < -0.4 is 20.7 Å². The highest BCUT2D eigenvalue weighted by Gasteiger charge is 2.29. The standard InChI is InChI=1S/C22H25N7O2/c1-24-10-16(9-23)14-4-5-18(19(8-14)31-3)27-22-26-11-15-6-7-25-21(20(15)28-22)29-12-17(13-29)30-2/h4-11,17H,12-13,23H2,1-3H3,(H,26,27,28). The van der Waals surface area contributed by atoms with Gasteiger partial charge < -0.3 is 25.4 Å². The normalized spacial score (nSPS) is 14.8. The molecule has 0 saturated carbocycles. The van der Waals surface area contributed by atoms with E-state index in [2.05, 4.69) is 25.2 Å². The lowest BCUT2D eigenvalue weighted by Gasteiger charge is -2.39. The molecule has 0 radical (unpaired) electrons. The number of hydrogen-bond acceptors (Lipinski definition) is 9. The molecule has 160 valence electrons. The molecule has 31 heavy (non-hydrogen) atoms. The van der Waals surface area contributed by atoms with E-state index in [0.717, 1.165) is 46.6 Å². The Morgan fingerprint density at radius 1 is 1.26 bits per heavy atom. The van der Waals surface area contributed by atoms with E-state index in [-0.39, 0.29) is 6.10 Å². The van der Waals surface area contributed by atoms with Crippen molar-refractivity contribution in [1.29, 1.82) is 0 Å². The van der Waals surface area contributed by atoms with Gasteiger partial charge in [-0.05, 0) is 23.8 Å². The second-order valence-corrected chi connectivity index (χ2v) is 7.08. The van der Waals surface area contributed by atoms with Crippen LogP contribution in [0.4, 0.5) is 17.5 Å². The first-order valence-corrected chi connectivity index (χ1v) is 9.85. The monoisotopic (exact) mass is 419 g/mol. The lowest BCUT2D eigenvalue weighted by atomic mass is 10.1. The van der Waals surface area contributed by atoms with Crippen LogP contribution in [0.1, 0.15) is 5.56 Å². The number of nitrogens with one attached hydrogen (secondary N) is 1. The van der Waals surface area contributed by atoms with Crippen molar-refractivity contribution in [3.05, 3.63) is 48.4 Å². The zero-order valence-corrected chi connectivity index (χ0v) is 17.7. The summed E-state index contributed by atoms with van der Waals surface area (Å²) in [5.41, 5.74) is 8.95. The minimum atomic E-state index is 0.226. The van der Waals surface area contributed by atoms with Crippen molar-refractivity contribution < 1.29 is 9.47 Å². The molecule has 3 heterocycles. The minimum absolute atomic E-state index is 0.226. The molecule has 1 aliphatic heterocycles. The van der Waals surface area contributed by atoms with Gasteiger partial charge in [0.05, 0.1) is 18.9 Å². The van der Waals surface area contributed by atoms with E-state index in [1.807, 2.05) is 24.3 Å². The van der Waals surface area contributed by atoms with Gasteiger partial charge in [0, 0.05) is 63.0 Å². The van der Waals surface area contributed by atoms with Crippen LogP contribution in [0.15, 0.2) is 47.9 Å². The number of hydrogen-bond donors (Lipinski definition) is 2. The van der Waals surface area contributed by atoms with Gasteiger partial charge in [0.1, 0.15) is 11.3 Å². The molecule has 3 aromatic rings. The van der Waals surface area contributed by atoms with Crippen LogP contribution in [0.5, 0.6) is 5.75 Å². The predicted molar refractivity (Wildman–Crippen MR) is 123 cm³/mol. The maximum absolute atomic E-state index is 5.72. The van der Waals surface area contributed by atoms with E-state index in [1.165, 1.54) is 6.20 Å². The van der Waals surface area contributed by atoms with E-state index in [9.17, 15) is 0 Å². The molecule has 1 saturated heterocycles. The largest absolute Gasteiger partial charge is 0.495 e. The number of pyridine rings is 1. The highest BCUT2D eigenvalue weighted by atomic mass is 16.5. The second-order valence-electron chi connectivity index (χ2n) is 7.08. The molecule has 1 fully saturated rings. The number of ether oxygens (including phenoxy) is 2. The van der Waals surface area contributed by atoms with Crippen molar-refractivity contribution in [2.45, 2.75) is 6.10 Å². The Balaban J connectivity index is 1.64. The molecule has 1 aromatic carbocycles. The molecule has 3 N–H and O–H groups in total. The topological polar surface area (TPSA) is 111 Å². The van der Waals surface area contributed by atoms with Crippen molar-refractivity contribution in [3.63, 3.8) is 0 Å². The number of methoxy groups -OCH3 is 2. The maximum Gasteiger partial charge on any atom is 0.227 e. The van der Waals surface area contributed by atoms with Gasteiger partial charge in [0.25, 0.3) is 0 Å². The first-order chi connectivity index (χ1) is 15.2. The number of rotatable bonds is 7. The van der Waals surface area contributed by atoms with Gasteiger partial charge >= 0.3 is 0 Å². The van der Waals surface area contributed by atoms with Crippen LogP contribution in [0.2, 0.25) is 0 Å². The Labute approximate surface area is 180 Å². The number of nitrogens with zero attached hydrogens (tertiary/aromatic N) is 5. The van der Waals surface area contributed by atoms with Crippen LogP contribution in [-0.2, 0) is 4.74 Å². The third-order valence-corrected chi connectivity index (χ3v) is 5.19. The van der Waals surface area contributed by atoms with Crippen LogP contribution in [0.25, 0.3) is 16.5 Å². The van der Waals surface area contributed by atoms with Crippen LogP contribution in [0.3, 0.4) is 0 Å². The molecule has 4 rings (SSSR count). The number of aromatic nitrogens is 3. The summed E-state index contributed by atoms with van der Waals surface area (Å²) in [6, 6.07) is 7.63. The Morgan fingerprint density at radius 2 is 2.10 bits per heavy atom. The number of aliphatic imine (C=N–C) groups is 1. The predicted octanol–water partition coefficient (Wildman–Crippen LogP) is 2.61. The van der Waals surface area contributed by atoms with Gasteiger partial charge in [-0.15, -0.1) is 0 Å². The average molecular weight is 419 g/mol. The highest BCUT2D eigenvalue weighted by Crippen LogP contribution is 2.31. The maximum atomic E-state index is 5.72. The van der Waals surface area contributed by atoms with Gasteiger partial charge in [-0.3, -0.25) is 4.99 Å². The third-order valence-electron chi connectivity index (χ3n) is 5.19. The Kier molecular flexibility index (Phi) is 5.94. The van der Waals surface area contributed by atoms with Crippen molar-refractivity contribution in [2.75, 3.05) is 44.6 Å². The summed E-state index contributed by atoms with van der Waals surface area (Å²) in [7, 11) is 5.04. The molecule has 1 aliphatic rings. The quantitative estimate of drug-likeness (QED) is 0.562. The lowest BCUT2D eigenvalue weighted by molar-refractivity contribution is 0.0784. The number of allylic oxidation sites excluding steroid dienone is 1. The van der Waals surface area contributed by atoms with Gasteiger partial charge in [-0.2, -0.15) is 0 Å². The summed E-state index contributed by atoms with van der Waals surface area (Å²) in [4.78, 5) is 19.9. The Morgan fingerprint density at radius 3 is 2.81 bits per heavy atom. The van der Waals surface area contributed by atoms with Gasteiger partial charge in [0.15, 0.2) is 5.82 Å². The summed E-state index contributed by atoms with van der Waals surface area (Å²) >= 11 is 0. The van der Waals surface area contributed by atoms with Crippen molar-refractivity contribution in [3.8, 4) is 5.75 Å². The summed E-state index contributed by atoms with van der Waals surface area (Å²) < 4.78 is 10.9. The number of benzene rings is 1. The fraction of sp³-hybridized carbons (Fsp3) is 0.273. The fourth-order valence-electron chi connectivity index (χ4n) is 3.44. The molecule has 0 bridgehead atoms. The van der Waals surface area contributed by atoms with Gasteiger partial charge in [-0.25, -0.2) is 15.0 Å². The minimum Gasteiger partial charge on any atom is -0.495 e. The molecule has 9 heteroatoms. The van der Waals surface area contributed by atoms with E-state index >= 15 is 0 Å².